The molecule has 1 fully saturated rings. The molecule has 12 heteroatoms. The van der Waals surface area contributed by atoms with E-state index < -0.39 is 54.5 Å². The van der Waals surface area contributed by atoms with Crippen LogP contribution in [0.25, 0.3) is 0 Å². The van der Waals surface area contributed by atoms with Gasteiger partial charge in [0.05, 0.1) is 0 Å². The van der Waals surface area contributed by atoms with Crippen molar-refractivity contribution in [1.82, 2.24) is 4.90 Å². The number of hydrogen-bond acceptors (Lipinski definition) is 2. The molecular weight excluding hydrogens is 352 g/mol. The minimum absolute atomic E-state index is 0.0503. The number of hydrogen-bond donors (Lipinski definition) is 0. The lowest BCUT2D eigenvalue weighted by atomic mass is 9.90. The van der Waals surface area contributed by atoms with Gasteiger partial charge in [-0.1, -0.05) is 0 Å². The lowest BCUT2D eigenvalue weighted by molar-refractivity contribution is -0.470. The summed E-state index contributed by atoms with van der Waals surface area (Å²) in [6.07, 6.45) is -13.7. The SMILES string of the molecule is CCOC(C(F)(F)F)(C(F)(F)F)C(F)(F)C(F)(F)N1CCCC1. The van der Waals surface area contributed by atoms with Crippen molar-refractivity contribution in [2.75, 3.05) is 19.7 Å². The molecule has 0 N–H and O–H groups in total. The van der Waals surface area contributed by atoms with Crippen LogP contribution in [0.5, 0.6) is 0 Å². The Hall–Kier alpha value is -0.780. The van der Waals surface area contributed by atoms with Crippen LogP contribution in [0.1, 0.15) is 19.8 Å². The molecule has 0 aliphatic carbocycles. The molecule has 0 atom stereocenters. The summed E-state index contributed by atoms with van der Waals surface area (Å²) in [4.78, 5) is -0.391. The number of nitrogens with zero attached hydrogens (tertiary/aromatic N) is 1. The van der Waals surface area contributed by atoms with Gasteiger partial charge in [-0.25, -0.2) is 4.90 Å². The van der Waals surface area contributed by atoms with Gasteiger partial charge in [-0.05, 0) is 19.8 Å². The Labute approximate surface area is 124 Å². The van der Waals surface area contributed by atoms with Crippen LogP contribution in [0.3, 0.4) is 0 Å². The molecule has 138 valence electrons. The van der Waals surface area contributed by atoms with Gasteiger partial charge in [0.2, 0.25) is 0 Å². The number of alkyl halides is 10. The second-order valence-corrected chi connectivity index (χ2v) is 4.92. The van der Waals surface area contributed by atoms with Gasteiger partial charge in [-0.2, -0.15) is 43.9 Å². The highest BCUT2D eigenvalue weighted by Crippen LogP contribution is 2.59. The first-order valence-corrected chi connectivity index (χ1v) is 6.45. The molecule has 2 nitrogen and oxygen atoms in total. The van der Waals surface area contributed by atoms with E-state index in [-0.39, 0.29) is 12.8 Å². The number of likely N-dealkylation sites (tertiary alicyclic amines) is 1. The Morgan fingerprint density at radius 1 is 0.783 bits per heavy atom. The summed E-state index contributed by atoms with van der Waals surface area (Å²) in [5.74, 6) is -6.59. The topological polar surface area (TPSA) is 12.5 Å². The molecule has 0 aromatic carbocycles. The molecule has 23 heavy (non-hydrogen) atoms. The fraction of sp³-hybridized carbons (Fsp3) is 1.00. The average Bonchev–Trinajstić information content (AvgIpc) is 2.86. The van der Waals surface area contributed by atoms with Crippen molar-refractivity contribution >= 4 is 0 Å². The zero-order valence-electron chi connectivity index (χ0n) is 11.7. The Balaban J connectivity index is 3.56. The van der Waals surface area contributed by atoms with E-state index in [2.05, 4.69) is 4.74 Å². The summed E-state index contributed by atoms with van der Waals surface area (Å²) in [6.45, 7) is -2.43. The monoisotopic (exact) mass is 365 g/mol. The van der Waals surface area contributed by atoms with Crippen LogP contribution in [0.4, 0.5) is 43.9 Å². The Morgan fingerprint density at radius 2 is 1.17 bits per heavy atom. The molecule has 0 spiro atoms. The minimum Gasteiger partial charge on any atom is -0.354 e. The number of rotatable bonds is 5. The van der Waals surface area contributed by atoms with E-state index in [1.165, 1.54) is 0 Å². The van der Waals surface area contributed by atoms with Crippen LogP contribution in [0.15, 0.2) is 0 Å². The number of ether oxygens (including phenoxy) is 1. The first-order valence-electron chi connectivity index (χ1n) is 6.45. The van der Waals surface area contributed by atoms with E-state index in [0.717, 1.165) is 0 Å². The second-order valence-electron chi connectivity index (χ2n) is 4.92. The van der Waals surface area contributed by atoms with Crippen LogP contribution < -0.4 is 0 Å². The molecule has 1 heterocycles. The highest BCUT2D eigenvalue weighted by molar-refractivity contribution is 5.12. The van der Waals surface area contributed by atoms with Crippen molar-refractivity contribution < 1.29 is 48.6 Å². The maximum atomic E-state index is 14.0. The van der Waals surface area contributed by atoms with Crippen molar-refractivity contribution in [1.29, 1.82) is 0 Å². The molecule has 0 bridgehead atoms. The minimum atomic E-state index is -6.81. The highest BCUT2D eigenvalue weighted by Gasteiger charge is 2.90. The third-order valence-electron chi connectivity index (χ3n) is 3.48. The number of halogens is 10. The third-order valence-corrected chi connectivity index (χ3v) is 3.48. The Morgan fingerprint density at radius 3 is 1.48 bits per heavy atom. The first kappa shape index (κ1) is 20.3. The van der Waals surface area contributed by atoms with Crippen molar-refractivity contribution in [3.63, 3.8) is 0 Å². The molecule has 1 rings (SSSR count). The smallest absolute Gasteiger partial charge is 0.354 e. The summed E-state index contributed by atoms with van der Waals surface area (Å²) < 4.78 is 136. The molecule has 0 aromatic heterocycles. The predicted molar refractivity (Wildman–Crippen MR) is 57.2 cm³/mol. The molecule has 0 aromatic rings. The molecule has 1 aliphatic heterocycles. The summed E-state index contributed by atoms with van der Waals surface area (Å²) in [6, 6.07) is -5.69. The molecule has 0 unspecified atom stereocenters. The Kier molecular flexibility index (Phi) is 5.23. The van der Waals surface area contributed by atoms with Crippen LogP contribution in [-0.4, -0.2) is 54.5 Å². The van der Waals surface area contributed by atoms with Gasteiger partial charge >= 0.3 is 29.9 Å². The second kappa shape index (κ2) is 5.94. The van der Waals surface area contributed by atoms with Crippen LogP contribution in [0.2, 0.25) is 0 Å². The van der Waals surface area contributed by atoms with Gasteiger partial charge < -0.3 is 4.74 Å². The van der Waals surface area contributed by atoms with Crippen molar-refractivity contribution in [2.24, 2.45) is 0 Å². The summed E-state index contributed by atoms with van der Waals surface area (Å²) in [7, 11) is 0. The van der Waals surface area contributed by atoms with Gasteiger partial charge in [0.25, 0.3) is 0 Å². The van der Waals surface area contributed by atoms with Gasteiger partial charge in [-0.3, -0.25) is 0 Å². The fourth-order valence-corrected chi connectivity index (χ4v) is 2.40. The highest BCUT2D eigenvalue weighted by atomic mass is 19.4. The normalized spacial score (nSPS) is 19.4. The van der Waals surface area contributed by atoms with Gasteiger partial charge in [0, 0.05) is 19.7 Å². The lowest BCUT2D eigenvalue weighted by Gasteiger charge is -2.46. The van der Waals surface area contributed by atoms with Crippen molar-refractivity contribution in [3.8, 4) is 0 Å². The quantitative estimate of drug-likeness (QED) is 0.535. The fourth-order valence-electron chi connectivity index (χ4n) is 2.40. The van der Waals surface area contributed by atoms with Gasteiger partial charge in [0.1, 0.15) is 0 Å². The molecular formula is C11H13F10NO. The molecule has 0 saturated carbocycles. The molecule has 0 radical (unpaired) electrons. The average molecular weight is 365 g/mol. The van der Waals surface area contributed by atoms with E-state index in [1.807, 2.05) is 0 Å². The zero-order chi connectivity index (χ0) is 18.3. The summed E-state index contributed by atoms with van der Waals surface area (Å²) >= 11 is 0. The van der Waals surface area contributed by atoms with Crippen LogP contribution >= 0.6 is 0 Å². The van der Waals surface area contributed by atoms with E-state index in [0.29, 0.717) is 6.92 Å². The van der Waals surface area contributed by atoms with Crippen molar-refractivity contribution in [3.05, 3.63) is 0 Å². The maximum Gasteiger partial charge on any atom is 0.433 e. The molecule has 0 amide bonds. The molecule has 1 aliphatic rings. The van der Waals surface area contributed by atoms with Crippen LogP contribution in [0, 0.1) is 0 Å². The van der Waals surface area contributed by atoms with E-state index in [9.17, 15) is 43.9 Å². The standard InChI is InChI=1S/C11H13F10NO/c1-2-23-7(9(14,15)16,10(17,18)19)8(12,13)11(20,21)22-5-3-4-6-22/h2-6H2,1H3. The zero-order valence-corrected chi connectivity index (χ0v) is 11.7. The Bertz CT molecular complexity index is 396. The predicted octanol–water partition coefficient (Wildman–Crippen LogP) is 4.21. The van der Waals surface area contributed by atoms with Gasteiger partial charge in [-0.15, -0.1) is 0 Å². The van der Waals surface area contributed by atoms with E-state index in [1.54, 1.807) is 0 Å². The van der Waals surface area contributed by atoms with E-state index in [4.69, 9.17) is 0 Å². The molecule has 1 saturated heterocycles. The first-order chi connectivity index (χ1) is 10.2. The van der Waals surface area contributed by atoms with Crippen molar-refractivity contribution in [2.45, 2.75) is 49.7 Å². The lowest BCUT2D eigenvalue weighted by Crippen LogP contribution is -2.76. The third kappa shape index (κ3) is 2.87. The largest absolute Gasteiger partial charge is 0.433 e. The van der Waals surface area contributed by atoms with E-state index >= 15 is 0 Å². The maximum absolute atomic E-state index is 14.0. The van der Waals surface area contributed by atoms with Gasteiger partial charge in [0.15, 0.2) is 0 Å². The summed E-state index contributed by atoms with van der Waals surface area (Å²) in [5.41, 5.74) is -6.31. The summed E-state index contributed by atoms with van der Waals surface area (Å²) in [5, 5.41) is 0. The van der Waals surface area contributed by atoms with Crippen LogP contribution in [-0.2, 0) is 4.74 Å².